The molecule has 11 nitrogen and oxygen atoms in total. The van der Waals surface area contributed by atoms with Crippen molar-refractivity contribution < 1.29 is 22.3 Å². The summed E-state index contributed by atoms with van der Waals surface area (Å²) in [6, 6.07) is 6.88. The second kappa shape index (κ2) is 10.4. The minimum atomic E-state index is -3.24. The molecule has 2 atom stereocenters. The summed E-state index contributed by atoms with van der Waals surface area (Å²) in [7, 11) is -1.54. The molecule has 0 radical (unpaired) electrons. The maximum absolute atomic E-state index is 14.6. The third kappa shape index (κ3) is 5.93. The van der Waals surface area contributed by atoms with Crippen molar-refractivity contribution in [1.82, 2.24) is 25.1 Å². The zero-order valence-electron chi connectivity index (χ0n) is 22.1. The molecule has 3 heterocycles. The average molecular weight is 556 g/mol. The maximum atomic E-state index is 14.6. The van der Waals surface area contributed by atoms with E-state index in [1.165, 1.54) is 10.7 Å². The summed E-state index contributed by atoms with van der Waals surface area (Å²) < 4.78 is 44.7. The molecular formula is C26H30FN7O4S. The van der Waals surface area contributed by atoms with Gasteiger partial charge in [0.2, 0.25) is 0 Å². The van der Waals surface area contributed by atoms with Gasteiger partial charge < -0.3 is 20.3 Å². The lowest BCUT2D eigenvalue weighted by Gasteiger charge is -2.38. The number of piperazine rings is 1. The Balaban J connectivity index is 1.52. The second-order valence-corrected chi connectivity index (χ2v) is 12.3. The van der Waals surface area contributed by atoms with Crippen molar-refractivity contribution in [1.29, 1.82) is 0 Å². The number of carbonyl (C=O) groups excluding carboxylic acids is 1. The number of carbonyl (C=O) groups is 1. The number of fused-ring (bicyclic) bond motifs is 2. The molecule has 2 N–H and O–H groups in total. The molecule has 1 amide bonds. The van der Waals surface area contributed by atoms with Crippen LogP contribution in [0.15, 0.2) is 36.7 Å². The van der Waals surface area contributed by atoms with Crippen molar-refractivity contribution in [2.24, 2.45) is 7.05 Å². The van der Waals surface area contributed by atoms with Gasteiger partial charge in [0.25, 0.3) is 5.91 Å². The van der Waals surface area contributed by atoms with Gasteiger partial charge in [0.1, 0.15) is 12.1 Å². The molecule has 1 fully saturated rings. The third-order valence-corrected chi connectivity index (χ3v) is 7.38. The van der Waals surface area contributed by atoms with Crippen LogP contribution in [0.25, 0.3) is 21.8 Å². The number of amides is 1. The van der Waals surface area contributed by atoms with Crippen molar-refractivity contribution in [3.05, 3.63) is 48.0 Å². The summed E-state index contributed by atoms with van der Waals surface area (Å²) >= 11 is 0. The first-order valence-electron chi connectivity index (χ1n) is 12.5. The standard InChI is InChI=1S/C26H30FN7O4S/c1-15-12-34(13-16(2)29-15)22-6-5-19(24-20(22)11-28-26(31-24)38-7-8-39(4,36)37)25(35)30-18-9-17-14-33(3)32-23(17)21(27)10-18/h5-6,9-11,14-16,29H,7-8,12-13H2,1-4H3,(H,30,35)/t15-,16-/m0/s1. The van der Waals surface area contributed by atoms with E-state index >= 15 is 0 Å². The largest absolute Gasteiger partial charge is 0.462 e. The van der Waals surface area contributed by atoms with Crippen LogP contribution < -0.4 is 20.3 Å². The van der Waals surface area contributed by atoms with Gasteiger partial charge in [0.05, 0.1) is 16.8 Å². The molecule has 1 saturated heterocycles. The van der Waals surface area contributed by atoms with E-state index in [0.29, 0.717) is 16.3 Å². The highest BCUT2D eigenvalue weighted by Crippen LogP contribution is 2.31. The van der Waals surface area contributed by atoms with Gasteiger partial charge in [-0.05, 0) is 38.1 Å². The van der Waals surface area contributed by atoms with Gasteiger partial charge in [0, 0.05) is 73.0 Å². The number of sulfone groups is 1. The molecule has 2 aromatic heterocycles. The first kappa shape index (κ1) is 26.8. The van der Waals surface area contributed by atoms with Gasteiger partial charge >= 0.3 is 6.01 Å². The normalized spacial score (nSPS) is 18.0. The Kier molecular flexibility index (Phi) is 7.12. The van der Waals surface area contributed by atoms with Crippen LogP contribution in [-0.2, 0) is 16.9 Å². The topological polar surface area (TPSA) is 131 Å². The lowest BCUT2D eigenvalue weighted by Crippen LogP contribution is -2.54. The van der Waals surface area contributed by atoms with E-state index in [4.69, 9.17) is 4.74 Å². The Morgan fingerprint density at radius 3 is 2.67 bits per heavy atom. The molecule has 39 heavy (non-hydrogen) atoms. The minimum absolute atomic E-state index is 0.0396. The Labute approximate surface area is 225 Å². The fourth-order valence-electron chi connectivity index (χ4n) is 4.91. The van der Waals surface area contributed by atoms with Gasteiger partial charge in [-0.15, -0.1) is 0 Å². The highest BCUT2D eigenvalue weighted by atomic mass is 32.2. The van der Waals surface area contributed by atoms with Crippen LogP contribution in [0.1, 0.15) is 24.2 Å². The molecule has 4 aromatic rings. The van der Waals surface area contributed by atoms with E-state index in [1.807, 2.05) is 6.07 Å². The number of hydrogen-bond acceptors (Lipinski definition) is 9. The molecule has 206 valence electrons. The number of benzene rings is 2. The van der Waals surface area contributed by atoms with Gasteiger partial charge in [-0.25, -0.2) is 17.8 Å². The van der Waals surface area contributed by atoms with Crippen LogP contribution in [0.3, 0.4) is 0 Å². The summed E-state index contributed by atoms with van der Waals surface area (Å²) in [6.07, 6.45) is 4.37. The molecule has 0 spiro atoms. The predicted molar refractivity (Wildman–Crippen MR) is 148 cm³/mol. The van der Waals surface area contributed by atoms with Gasteiger partial charge in [-0.2, -0.15) is 10.1 Å². The number of aromatic nitrogens is 4. The Hall–Kier alpha value is -3.84. The fraction of sp³-hybridized carbons (Fsp3) is 0.385. The van der Waals surface area contributed by atoms with Crippen molar-refractivity contribution >= 4 is 48.9 Å². The Morgan fingerprint density at radius 2 is 1.95 bits per heavy atom. The van der Waals surface area contributed by atoms with Gasteiger partial charge in [-0.3, -0.25) is 9.48 Å². The van der Waals surface area contributed by atoms with E-state index < -0.39 is 21.6 Å². The Morgan fingerprint density at radius 1 is 1.21 bits per heavy atom. The number of ether oxygens (including phenoxy) is 1. The third-order valence-electron chi connectivity index (χ3n) is 6.47. The lowest BCUT2D eigenvalue weighted by molar-refractivity contribution is 0.102. The highest BCUT2D eigenvalue weighted by molar-refractivity contribution is 7.90. The molecule has 0 bridgehead atoms. The monoisotopic (exact) mass is 555 g/mol. The highest BCUT2D eigenvalue weighted by Gasteiger charge is 2.25. The number of halogens is 1. The van der Waals surface area contributed by atoms with Crippen LogP contribution in [-0.4, -0.2) is 77.9 Å². The number of nitrogens with zero attached hydrogens (tertiary/aromatic N) is 5. The smallest absolute Gasteiger partial charge is 0.316 e. The SMILES string of the molecule is C[C@H]1CN(c2ccc(C(=O)Nc3cc(F)c4nn(C)cc4c3)c3nc(OCCS(C)(=O)=O)ncc23)C[C@H](C)N1. The quantitative estimate of drug-likeness (QED) is 0.353. The number of rotatable bonds is 7. The summed E-state index contributed by atoms with van der Waals surface area (Å²) in [5, 5.41) is 11.6. The van der Waals surface area contributed by atoms with E-state index in [2.05, 4.69) is 44.4 Å². The van der Waals surface area contributed by atoms with Gasteiger partial charge in [0.15, 0.2) is 15.7 Å². The zero-order valence-corrected chi connectivity index (χ0v) is 22.9. The number of aryl methyl sites for hydroxylation is 1. The van der Waals surface area contributed by atoms with E-state index in [-0.39, 0.29) is 47.2 Å². The van der Waals surface area contributed by atoms with Crippen LogP contribution in [0.2, 0.25) is 0 Å². The van der Waals surface area contributed by atoms with Crippen LogP contribution in [0.5, 0.6) is 6.01 Å². The summed E-state index contributed by atoms with van der Waals surface area (Å²) in [6.45, 7) is 5.59. The Bertz CT molecular complexity index is 1660. The minimum Gasteiger partial charge on any atom is -0.462 e. The fourth-order valence-corrected chi connectivity index (χ4v) is 5.29. The summed E-state index contributed by atoms with van der Waals surface area (Å²) in [5.74, 6) is -1.23. The molecular weight excluding hydrogens is 525 g/mol. The molecule has 5 rings (SSSR count). The van der Waals surface area contributed by atoms with E-state index in [1.54, 1.807) is 31.6 Å². The van der Waals surface area contributed by atoms with E-state index in [0.717, 1.165) is 25.0 Å². The van der Waals surface area contributed by atoms with Gasteiger partial charge in [-0.1, -0.05) is 0 Å². The first-order chi connectivity index (χ1) is 18.5. The molecule has 13 heteroatoms. The predicted octanol–water partition coefficient (Wildman–Crippen LogP) is 2.52. The maximum Gasteiger partial charge on any atom is 0.316 e. The average Bonchev–Trinajstić information content (AvgIpc) is 3.22. The van der Waals surface area contributed by atoms with Crippen LogP contribution in [0.4, 0.5) is 15.8 Å². The summed E-state index contributed by atoms with van der Waals surface area (Å²) in [5.41, 5.74) is 1.95. The molecule has 2 aromatic carbocycles. The molecule has 0 aliphatic carbocycles. The molecule has 0 unspecified atom stereocenters. The number of hydrogen-bond donors (Lipinski definition) is 2. The second-order valence-electron chi connectivity index (χ2n) is 10.1. The van der Waals surface area contributed by atoms with Crippen LogP contribution >= 0.6 is 0 Å². The van der Waals surface area contributed by atoms with Crippen molar-refractivity contribution in [2.75, 3.05) is 41.9 Å². The van der Waals surface area contributed by atoms with Crippen molar-refractivity contribution in [3.8, 4) is 6.01 Å². The molecule has 0 saturated carbocycles. The van der Waals surface area contributed by atoms with Crippen molar-refractivity contribution in [2.45, 2.75) is 25.9 Å². The summed E-state index contributed by atoms with van der Waals surface area (Å²) in [4.78, 5) is 24.5. The van der Waals surface area contributed by atoms with Crippen molar-refractivity contribution in [3.63, 3.8) is 0 Å². The number of anilines is 2. The van der Waals surface area contributed by atoms with E-state index in [9.17, 15) is 17.6 Å². The molecule has 1 aliphatic heterocycles. The zero-order chi connectivity index (χ0) is 27.9. The first-order valence-corrected chi connectivity index (χ1v) is 14.6. The lowest BCUT2D eigenvalue weighted by atomic mass is 10.0. The van der Waals surface area contributed by atoms with Crippen LogP contribution in [0, 0.1) is 5.82 Å². The number of nitrogens with one attached hydrogen (secondary N) is 2. The molecule has 1 aliphatic rings.